The van der Waals surface area contributed by atoms with Crippen LogP contribution in [0.1, 0.15) is 0 Å². The van der Waals surface area contributed by atoms with Gasteiger partial charge in [0, 0.05) is 41.8 Å². The molecule has 0 aliphatic carbocycles. The van der Waals surface area contributed by atoms with Crippen molar-refractivity contribution in [2.24, 2.45) is 0 Å². The summed E-state index contributed by atoms with van der Waals surface area (Å²) in [6.45, 7) is 1.89. The summed E-state index contributed by atoms with van der Waals surface area (Å²) in [5.74, 6) is 0. The zero-order valence-electron chi connectivity index (χ0n) is 11.6. The normalized spacial score (nSPS) is 11.3. The number of H-pyrrole nitrogens is 1. The molecular weight excluding hydrogens is 270 g/mol. The van der Waals surface area contributed by atoms with Crippen molar-refractivity contribution in [3.63, 3.8) is 0 Å². The van der Waals surface area contributed by atoms with Gasteiger partial charge in [-0.1, -0.05) is 0 Å². The highest BCUT2D eigenvalue weighted by Crippen LogP contribution is 2.30. The minimum absolute atomic E-state index is 0.898. The maximum absolute atomic E-state index is 4.64. The summed E-state index contributed by atoms with van der Waals surface area (Å²) in [4.78, 5) is 14.3. The Labute approximate surface area is 121 Å². The molecule has 3 aromatic heterocycles. The molecule has 5 nitrogen and oxygen atoms in total. The number of aromatic amines is 1. The van der Waals surface area contributed by atoms with E-state index in [1.165, 1.54) is 0 Å². The SMILES string of the molecule is CN(C)CCNc1nc(-c2c[nH]c3ncccc23)cs1. The lowest BCUT2D eigenvalue weighted by atomic mass is 10.2. The number of thiazole rings is 1. The molecule has 20 heavy (non-hydrogen) atoms. The molecule has 3 heterocycles. The molecule has 3 rings (SSSR count). The van der Waals surface area contributed by atoms with E-state index in [4.69, 9.17) is 0 Å². The average Bonchev–Trinajstić information content (AvgIpc) is 3.04. The van der Waals surface area contributed by atoms with Gasteiger partial charge in [0.2, 0.25) is 0 Å². The van der Waals surface area contributed by atoms with Crippen molar-refractivity contribution in [1.29, 1.82) is 0 Å². The molecule has 0 bridgehead atoms. The Bertz CT molecular complexity index is 700. The Morgan fingerprint density at radius 1 is 1.40 bits per heavy atom. The summed E-state index contributed by atoms with van der Waals surface area (Å²) in [6.07, 6.45) is 3.76. The molecule has 0 aliphatic heterocycles. The number of anilines is 1. The standard InChI is InChI=1S/C14H17N5S/c1-19(2)7-6-16-14-18-12(9-20-14)11-8-17-13-10(11)4-3-5-15-13/h3-5,8-9H,6-7H2,1-2H3,(H,15,17)(H,16,18). The second-order valence-electron chi connectivity index (χ2n) is 4.87. The van der Waals surface area contributed by atoms with Gasteiger partial charge in [0.05, 0.1) is 5.69 Å². The smallest absolute Gasteiger partial charge is 0.183 e. The van der Waals surface area contributed by atoms with E-state index in [9.17, 15) is 0 Å². The summed E-state index contributed by atoms with van der Waals surface area (Å²) >= 11 is 1.63. The second-order valence-corrected chi connectivity index (χ2v) is 5.73. The summed E-state index contributed by atoms with van der Waals surface area (Å²) in [7, 11) is 4.13. The Balaban J connectivity index is 1.79. The van der Waals surface area contributed by atoms with E-state index in [0.29, 0.717) is 0 Å². The zero-order valence-corrected chi connectivity index (χ0v) is 12.4. The molecule has 0 atom stereocenters. The van der Waals surface area contributed by atoms with Crippen LogP contribution in [0.15, 0.2) is 29.9 Å². The van der Waals surface area contributed by atoms with Crippen LogP contribution in [-0.4, -0.2) is 47.0 Å². The molecule has 0 amide bonds. The van der Waals surface area contributed by atoms with Crippen LogP contribution in [0.3, 0.4) is 0 Å². The summed E-state index contributed by atoms with van der Waals surface area (Å²) < 4.78 is 0. The van der Waals surface area contributed by atoms with Crippen LogP contribution in [0, 0.1) is 0 Å². The maximum atomic E-state index is 4.64. The first-order valence-electron chi connectivity index (χ1n) is 6.50. The van der Waals surface area contributed by atoms with Crippen LogP contribution in [-0.2, 0) is 0 Å². The lowest BCUT2D eigenvalue weighted by Crippen LogP contribution is -2.20. The number of nitrogens with zero attached hydrogens (tertiary/aromatic N) is 3. The number of pyridine rings is 1. The second kappa shape index (κ2) is 5.60. The summed E-state index contributed by atoms with van der Waals surface area (Å²) in [6, 6.07) is 4.01. The third kappa shape index (κ3) is 2.66. The van der Waals surface area contributed by atoms with Crippen LogP contribution in [0.25, 0.3) is 22.3 Å². The first-order chi connectivity index (χ1) is 9.74. The summed E-state index contributed by atoms with van der Waals surface area (Å²) in [5.41, 5.74) is 2.99. The fourth-order valence-corrected chi connectivity index (χ4v) is 2.77. The van der Waals surface area contributed by atoms with Crippen molar-refractivity contribution in [3.05, 3.63) is 29.9 Å². The molecule has 6 heteroatoms. The van der Waals surface area contributed by atoms with Crippen molar-refractivity contribution in [1.82, 2.24) is 19.9 Å². The number of fused-ring (bicyclic) bond motifs is 1. The number of hydrogen-bond donors (Lipinski definition) is 2. The molecule has 0 fully saturated rings. The number of likely N-dealkylation sites (N-methyl/N-ethyl adjacent to an activating group) is 1. The van der Waals surface area contributed by atoms with Crippen molar-refractivity contribution in [2.75, 3.05) is 32.5 Å². The van der Waals surface area contributed by atoms with E-state index in [-0.39, 0.29) is 0 Å². The molecule has 2 N–H and O–H groups in total. The fraction of sp³-hybridized carbons (Fsp3) is 0.286. The first kappa shape index (κ1) is 13.1. The van der Waals surface area contributed by atoms with Crippen LogP contribution >= 0.6 is 11.3 Å². The molecular formula is C14H17N5S. The van der Waals surface area contributed by atoms with Gasteiger partial charge in [0.1, 0.15) is 5.65 Å². The Kier molecular flexibility index (Phi) is 3.66. The van der Waals surface area contributed by atoms with Gasteiger partial charge in [-0.25, -0.2) is 9.97 Å². The van der Waals surface area contributed by atoms with Crippen LogP contribution in [0.5, 0.6) is 0 Å². The Morgan fingerprint density at radius 3 is 3.15 bits per heavy atom. The summed E-state index contributed by atoms with van der Waals surface area (Å²) in [5, 5.41) is 7.49. The van der Waals surface area contributed by atoms with E-state index in [1.54, 1.807) is 17.5 Å². The highest BCUT2D eigenvalue weighted by molar-refractivity contribution is 7.14. The zero-order chi connectivity index (χ0) is 13.9. The molecule has 0 saturated heterocycles. The van der Waals surface area contributed by atoms with E-state index in [1.807, 2.05) is 12.3 Å². The highest BCUT2D eigenvalue weighted by atomic mass is 32.1. The van der Waals surface area contributed by atoms with Crippen LogP contribution < -0.4 is 5.32 Å². The molecule has 104 valence electrons. The van der Waals surface area contributed by atoms with Gasteiger partial charge in [0.15, 0.2) is 5.13 Å². The third-order valence-electron chi connectivity index (χ3n) is 3.07. The van der Waals surface area contributed by atoms with Crippen LogP contribution in [0.2, 0.25) is 0 Å². The quantitative estimate of drug-likeness (QED) is 0.757. The number of aromatic nitrogens is 3. The molecule has 0 unspecified atom stereocenters. The predicted molar refractivity (Wildman–Crippen MR) is 84.2 cm³/mol. The van der Waals surface area contributed by atoms with Gasteiger partial charge < -0.3 is 15.2 Å². The molecule has 0 aliphatic rings. The monoisotopic (exact) mass is 287 g/mol. The Morgan fingerprint density at radius 2 is 2.30 bits per heavy atom. The van der Waals surface area contributed by atoms with E-state index < -0.39 is 0 Å². The first-order valence-corrected chi connectivity index (χ1v) is 7.38. The largest absolute Gasteiger partial charge is 0.360 e. The number of hydrogen-bond acceptors (Lipinski definition) is 5. The van der Waals surface area contributed by atoms with E-state index >= 15 is 0 Å². The van der Waals surface area contributed by atoms with Crippen molar-refractivity contribution < 1.29 is 0 Å². The van der Waals surface area contributed by atoms with Crippen LogP contribution in [0.4, 0.5) is 5.13 Å². The van der Waals surface area contributed by atoms with Crippen molar-refractivity contribution in [3.8, 4) is 11.3 Å². The average molecular weight is 287 g/mol. The van der Waals surface area contributed by atoms with Gasteiger partial charge in [-0.2, -0.15) is 0 Å². The van der Waals surface area contributed by atoms with Gasteiger partial charge in [-0.3, -0.25) is 0 Å². The van der Waals surface area contributed by atoms with E-state index in [0.717, 1.165) is 40.5 Å². The highest BCUT2D eigenvalue weighted by Gasteiger charge is 2.10. The van der Waals surface area contributed by atoms with Gasteiger partial charge >= 0.3 is 0 Å². The maximum Gasteiger partial charge on any atom is 0.183 e. The van der Waals surface area contributed by atoms with E-state index in [2.05, 4.69) is 50.7 Å². The lowest BCUT2D eigenvalue weighted by Gasteiger charge is -2.08. The molecule has 0 radical (unpaired) electrons. The number of nitrogens with one attached hydrogen (secondary N) is 2. The fourth-order valence-electron chi connectivity index (χ4n) is 2.03. The Hall–Kier alpha value is -1.92. The third-order valence-corrected chi connectivity index (χ3v) is 3.87. The lowest BCUT2D eigenvalue weighted by molar-refractivity contribution is 0.425. The predicted octanol–water partition coefficient (Wildman–Crippen LogP) is 2.66. The topological polar surface area (TPSA) is 56.8 Å². The van der Waals surface area contributed by atoms with Gasteiger partial charge in [0.25, 0.3) is 0 Å². The molecule has 3 aromatic rings. The van der Waals surface area contributed by atoms with Crippen molar-refractivity contribution in [2.45, 2.75) is 0 Å². The number of rotatable bonds is 5. The van der Waals surface area contributed by atoms with Gasteiger partial charge in [-0.05, 0) is 26.2 Å². The molecule has 0 saturated carbocycles. The van der Waals surface area contributed by atoms with Gasteiger partial charge in [-0.15, -0.1) is 11.3 Å². The molecule has 0 spiro atoms. The minimum Gasteiger partial charge on any atom is -0.360 e. The molecule has 0 aromatic carbocycles. The minimum atomic E-state index is 0.898. The van der Waals surface area contributed by atoms with Crippen molar-refractivity contribution >= 4 is 27.5 Å².